The summed E-state index contributed by atoms with van der Waals surface area (Å²) in [5, 5.41) is 12.8. The van der Waals surface area contributed by atoms with Crippen LogP contribution in [0.5, 0.6) is 0 Å². The smallest absolute Gasteiger partial charge is 0.0494 e. The van der Waals surface area contributed by atoms with Crippen LogP contribution in [-0.4, -0.2) is 24.3 Å². The molecule has 0 spiro atoms. The van der Waals surface area contributed by atoms with Gasteiger partial charge in [0.05, 0.1) is 0 Å². The zero-order chi connectivity index (χ0) is 13.2. The number of halogens is 1. The number of rotatable bonds is 5. The van der Waals surface area contributed by atoms with E-state index < -0.39 is 0 Å². The zero-order valence-electron chi connectivity index (χ0n) is 11.1. The molecule has 1 saturated carbocycles. The molecule has 2 N–H and O–H groups in total. The van der Waals surface area contributed by atoms with Gasteiger partial charge in [-0.15, -0.1) is 0 Å². The lowest BCUT2D eigenvalue weighted by Gasteiger charge is -2.38. The molecule has 0 radical (unpaired) electrons. The van der Waals surface area contributed by atoms with Gasteiger partial charge in [-0.1, -0.05) is 48.0 Å². The Morgan fingerprint density at radius 1 is 1.33 bits per heavy atom. The lowest BCUT2D eigenvalue weighted by atomic mass is 9.75. The second kappa shape index (κ2) is 5.72. The normalized spacial score (nSPS) is 23.8. The van der Waals surface area contributed by atoms with Crippen LogP contribution in [0.25, 0.3) is 0 Å². The monoisotopic (exact) mass is 311 g/mol. The van der Waals surface area contributed by atoms with Gasteiger partial charge >= 0.3 is 0 Å². The van der Waals surface area contributed by atoms with Crippen LogP contribution in [0.15, 0.2) is 28.7 Å². The van der Waals surface area contributed by atoms with Gasteiger partial charge in [-0.2, -0.15) is 0 Å². The number of hydrogen-bond donors (Lipinski definition) is 2. The fourth-order valence-electron chi connectivity index (χ4n) is 2.32. The molecule has 0 bridgehead atoms. The fourth-order valence-corrected chi connectivity index (χ4v) is 2.93. The van der Waals surface area contributed by atoms with Crippen molar-refractivity contribution in [1.82, 2.24) is 5.32 Å². The highest BCUT2D eigenvalue weighted by Crippen LogP contribution is 2.40. The summed E-state index contributed by atoms with van der Waals surface area (Å²) in [4.78, 5) is 0. The summed E-state index contributed by atoms with van der Waals surface area (Å²) in [6, 6.07) is 9.10. The standard InChI is InChI=1S/C15H22BrNO/c1-15(2,10-18)9-17-12-7-11(8-12)13-5-3-4-6-14(13)16/h3-6,11-12,17-18H,7-10H2,1-2H3. The molecule has 1 aromatic rings. The summed E-state index contributed by atoms with van der Waals surface area (Å²) in [7, 11) is 0. The number of hydrogen-bond acceptors (Lipinski definition) is 2. The molecule has 0 unspecified atom stereocenters. The Hall–Kier alpha value is -0.380. The van der Waals surface area contributed by atoms with Gasteiger partial charge in [0.2, 0.25) is 0 Å². The molecule has 18 heavy (non-hydrogen) atoms. The molecule has 1 aliphatic carbocycles. The Morgan fingerprint density at radius 2 is 2.00 bits per heavy atom. The van der Waals surface area contributed by atoms with Gasteiger partial charge in [-0.25, -0.2) is 0 Å². The predicted molar refractivity (Wildman–Crippen MR) is 78.8 cm³/mol. The first-order chi connectivity index (χ1) is 8.52. The van der Waals surface area contributed by atoms with Gasteiger partial charge in [-0.3, -0.25) is 0 Å². The molecule has 0 aliphatic heterocycles. The van der Waals surface area contributed by atoms with Crippen molar-refractivity contribution in [3.63, 3.8) is 0 Å². The maximum absolute atomic E-state index is 9.22. The molecular weight excluding hydrogens is 290 g/mol. The Balaban J connectivity index is 1.79. The molecule has 1 aliphatic rings. The molecule has 3 heteroatoms. The minimum atomic E-state index is -0.0155. The number of benzene rings is 1. The van der Waals surface area contributed by atoms with Gasteiger partial charge < -0.3 is 10.4 Å². The summed E-state index contributed by atoms with van der Waals surface area (Å²) in [5.74, 6) is 0.676. The lowest BCUT2D eigenvalue weighted by Crippen LogP contribution is -2.45. The minimum Gasteiger partial charge on any atom is -0.396 e. The molecule has 100 valence electrons. The number of aliphatic hydroxyl groups is 1. The van der Waals surface area contributed by atoms with Crippen LogP contribution in [0.4, 0.5) is 0 Å². The Kier molecular flexibility index (Phi) is 4.46. The Bertz CT molecular complexity index is 399. The van der Waals surface area contributed by atoms with E-state index in [2.05, 4.69) is 59.4 Å². The van der Waals surface area contributed by atoms with Crippen LogP contribution < -0.4 is 5.32 Å². The van der Waals surface area contributed by atoms with Crippen molar-refractivity contribution >= 4 is 15.9 Å². The summed E-state index contributed by atoms with van der Waals surface area (Å²) >= 11 is 3.62. The van der Waals surface area contributed by atoms with Crippen LogP contribution in [0, 0.1) is 5.41 Å². The zero-order valence-corrected chi connectivity index (χ0v) is 12.7. The number of nitrogens with one attached hydrogen (secondary N) is 1. The van der Waals surface area contributed by atoms with Gasteiger partial charge in [0.15, 0.2) is 0 Å². The third-order valence-electron chi connectivity index (χ3n) is 3.78. The molecule has 0 aromatic heterocycles. The SMILES string of the molecule is CC(C)(CO)CNC1CC(c2ccccc2Br)C1. The molecule has 0 atom stereocenters. The van der Waals surface area contributed by atoms with Crippen molar-refractivity contribution in [1.29, 1.82) is 0 Å². The van der Waals surface area contributed by atoms with Crippen LogP contribution in [0.3, 0.4) is 0 Å². The third-order valence-corrected chi connectivity index (χ3v) is 4.50. The molecule has 2 nitrogen and oxygen atoms in total. The highest BCUT2D eigenvalue weighted by Gasteiger charge is 2.32. The van der Waals surface area contributed by atoms with E-state index in [1.54, 1.807) is 0 Å². The van der Waals surface area contributed by atoms with Crippen LogP contribution in [0.2, 0.25) is 0 Å². The number of aliphatic hydroxyl groups excluding tert-OH is 1. The summed E-state index contributed by atoms with van der Waals surface area (Å²) in [6.07, 6.45) is 2.40. The van der Waals surface area contributed by atoms with E-state index in [0.29, 0.717) is 12.0 Å². The van der Waals surface area contributed by atoms with Crippen LogP contribution in [-0.2, 0) is 0 Å². The average molecular weight is 312 g/mol. The molecule has 1 aromatic carbocycles. The van der Waals surface area contributed by atoms with Crippen LogP contribution in [0.1, 0.15) is 38.2 Å². The summed E-state index contributed by atoms with van der Waals surface area (Å²) in [6.45, 7) is 5.30. The van der Waals surface area contributed by atoms with Crippen molar-refractivity contribution in [2.24, 2.45) is 5.41 Å². The van der Waals surface area contributed by atoms with E-state index in [4.69, 9.17) is 0 Å². The van der Waals surface area contributed by atoms with Crippen molar-refractivity contribution in [3.05, 3.63) is 34.3 Å². The largest absolute Gasteiger partial charge is 0.396 e. The van der Waals surface area contributed by atoms with Crippen LogP contribution >= 0.6 is 15.9 Å². The van der Waals surface area contributed by atoms with Crippen molar-refractivity contribution in [2.75, 3.05) is 13.2 Å². The van der Waals surface area contributed by atoms with Crippen molar-refractivity contribution in [3.8, 4) is 0 Å². The highest BCUT2D eigenvalue weighted by molar-refractivity contribution is 9.10. The molecule has 0 amide bonds. The van der Waals surface area contributed by atoms with Gasteiger partial charge in [0, 0.05) is 29.1 Å². The quantitative estimate of drug-likeness (QED) is 0.874. The van der Waals surface area contributed by atoms with Gasteiger partial charge in [-0.05, 0) is 30.4 Å². The molecule has 0 heterocycles. The first kappa shape index (κ1) is 14.0. The predicted octanol–water partition coefficient (Wildman–Crippen LogP) is 3.30. The lowest BCUT2D eigenvalue weighted by molar-refractivity contribution is 0.143. The van der Waals surface area contributed by atoms with Gasteiger partial charge in [0.25, 0.3) is 0 Å². The molecule has 1 fully saturated rings. The Labute approximate surface area is 118 Å². The fraction of sp³-hybridized carbons (Fsp3) is 0.600. The first-order valence-electron chi connectivity index (χ1n) is 6.60. The topological polar surface area (TPSA) is 32.3 Å². The summed E-state index contributed by atoms with van der Waals surface area (Å²) < 4.78 is 1.23. The van der Waals surface area contributed by atoms with Crippen molar-refractivity contribution < 1.29 is 5.11 Å². The maximum atomic E-state index is 9.22. The maximum Gasteiger partial charge on any atom is 0.0494 e. The van der Waals surface area contributed by atoms with E-state index in [1.807, 2.05) is 0 Å². The first-order valence-corrected chi connectivity index (χ1v) is 7.40. The van der Waals surface area contributed by atoms with Crippen molar-refractivity contribution in [2.45, 2.75) is 38.6 Å². The Morgan fingerprint density at radius 3 is 2.61 bits per heavy atom. The van der Waals surface area contributed by atoms with E-state index in [1.165, 1.54) is 22.9 Å². The van der Waals surface area contributed by atoms with E-state index in [-0.39, 0.29) is 12.0 Å². The van der Waals surface area contributed by atoms with E-state index in [9.17, 15) is 5.11 Å². The third kappa shape index (κ3) is 3.34. The second-order valence-electron chi connectivity index (χ2n) is 6.09. The average Bonchev–Trinajstić information content (AvgIpc) is 2.29. The second-order valence-corrected chi connectivity index (χ2v) is 6.94. The molecule has 2 rings (SSSR count). The minimum absolute atomic E-state index is 0.0155. The van der Waals surface area contributed by atoms with E-state index in [0.717, 1.165) is 6.54 Å². The molecule has 0 saturated heterocycles. The van der Waals surface area contributed by atoms with Gasteiger partial charge in [0.1, 0.15) is 0 Å². The van der Waals surface area contributed by atoms with E-state index >= 15 is 0 Å². The summed E-state index contributed by atoms with van der Waals surface area (Å²) in [5.41, 5.74) is 1.41. The highest BCUT2D eigenvalue weighted by atomic mass is 79.9. The molecular formula is C15H22BrNO.